The van der Waals surface area contributed by atoms with Gasteiger partial charge in [0.2, 0.25) is 6.79 Å². The van der Waals surface area contributed by atoms with E-state index in [9.17, 15) is 4.79 Å². The summed E-state index contributed by atoms with van der Waals surface area (Å²) in [6.07, 6.45) is 0. The predicted molar refractivity (Wildman–Crippen MR) is 84.6 cm³/mol. The second-order valence-electron chi connectivity index (χ2n) is 5.92. The van der Waals surface area contributed by atoms with E-state index in [0.29, 0.717) is 6.54 Å². The van der Waals surface area contributed by atoms with E-state index in [1.807, 2.05) is 42.5 Å². The van der Waals surface area contributed by atoms with Gasteiger partial charge in [-0.25, -0.2) is 0 Å². The number of H-pyrrole nitrogens is 1. The van der Waals surface area contributed by atoms with Crippen molar-refractivity contribution < 1.29 is 27.2 Å². The highest BCUT2D eigenvalue weighted by atomic mass is 35.5. The molecule has 0 spiro atoms. The van der Waals surface area contributed by atoms with Crippen LogP contribution in [0.2, 0.25) is 0 Å². The number of hydrogen-bond acceptors (Lipinski definition) is 3. The molecule has 2 aliphatic heterocycles. The van der Waals surface area contributed by atoms with Crippen molar-refractivity contribution in [2.24, 2.45) is 0 Å². The molecule has 5 nitrogen and oxygen atoms in total. The molecule has 1 atom stereocenters. The van der Waals surface area contributed by atoms with Crippen molar-refractivity contribution in [3.05, 3.63) is 69.5 Å². The zero-order valence-electron chi connectivity index (χ0n) is 12.7. The topological polar surface area (TPSA) is 67.9 Å². The number of para-hydroxylation sites is 1. The third kappa shape index (κ3) is 2.09. The summed E-state index contributed by atoms with van der Waals surface area (Å²) in [5.74, 6) is 1.55. The molecule has 24 heavy (non-hydrogen) atoms. The Morgan fingerprint density at radius 1 is 1.08 bits per heavy atom. The molecule has 0 saturated carbocycles. The van der Waals surface area contributed by atoms with E-state index in [2.05, 4.69) is 10.3 Å². The largest absolute Gasteiger partial charge is 1.00 e. The average Bonchev–Trinajstić information content (AvgIpc) is 3.21. The lowest BCUT2D eigenvalue weighted by Crippen LogP contribution is -3.00. The van der Waals surface area contributed by atoms with Gasteiger partial charge >= 0.3 is 0 Å². The average molecular weight is 343 g/mol. The van der Waals surface area contributed by atoms with Crippen LogP contribution in [0, 0.1) is 0 Å². The molecular weight excluding hydrogens is 328 g/mol. The maximum absolute atomic E-state index is 12.7. The Morgan fingerprint density at radius 2 is 1.92 bits per heavy atom. The van der Waals surface area contributed by atoms with Gasteiger partial charge in [-0.05, 0) is 30.3 Å². The molecule has 5 rings (SSSR count). The fraction of sp³-hybridized carbons (Fsp3) is 0.167. The highest BCUT2D eigenvalue weighted by molar-refractivity contribution is 5.79. The summed E-state index contributed by atoms with van der Waals surface area (Å²) in [6, 6.07) is 13.7. The highest BCUT2D eigenvalue weighted by Crippen LogP contribution is 2.35. The van der Waals surface area contributed by atoms with E-state index < -0.39 is 0 Å². The first-order valence-electron chi connectivity index (χ1n) is 7.68. The van der Waals surface area contributed by atoms with Crippen LogP contribution >= 0.6 is 0 Å². The maximum Gasteiger partial charge on any atom is 0.231 e. The van der Waals surface area contributed by atoms with Gasteiger partial charge in [0.25, 0.3) is 0 Å². The van der Waals surface area contributed by atoms with E-state index in [0.717, 1.165) is 39.2 Å². The van der Waals surface area contributed by atoms with Crippen LogP contribution in [0.5, 0.6) is 11.5 Å². The molecule has 0 aliphatic carbocycles. The quantitative estimate of drug-likeness (QED) is 0.561. The van der Waals surface area contributed by atoms with E-state index >= 15 is 0 Å². The number of nitrogens with one attached hydrogen (secondary N) is 1. The van der Waals surface area contributed by atoms with Gasteiger partial charge in [0.05, 0.1) is 11.3 Å². The summed E-state index contributed by atoms with van der Waals surface area (Å²) >= 11 is 0. The van der Waals surface area contributed by atoms with Gasteiger partial charge in [0.1, 0.15) is 6.54 Å². The molecule has 0 saturated heterocycles. The van der Waals surface area contributed by atoms with E-state index in [1.54, 1.807) is 0 Å². The minimum atomic E-state index is 0. The molecule has 1 aromatic heterocycles. The Morgan fingerprint density at radius 3 is 2.83 bits per heavy atom. The minimum Gasteiger partial charge on any atom is -1.00 e. The molecule has 122 valence electrons. The van der Waals surface area contributed by atoms with Gasteiger partial charge in [-0.3, -0.25) is 4.79 Å². The Balaban J connectivity index is 0.00000146. The number of nitrogens with two attached hydrogens (primary N) is 1. The fourth-order valence-electron chi connectivity index (χ4n) is 3.53. The van der Waals surface area contributed by atoms with Gasteiger partial charge in [-0.2, -0.15) is 0 Å². The molecular formula is C18H15ClN2O3. The number of rotatable bonds is 1. The molecule has 0 fully saturated rings. The van der Waals surface area contributed by atoms with Crippen LogP contribution in [0.3, 0.4) is 0 Å². The van der Waals surface area contributed by atoms with Gasteiger partial charge in [-0.1, -0.05) is 12.1 Å². The molecule has 3 aromatic rings. The first kappa shape index (κ1) is 15.1. The van der Waals surface area contributed by atoms with Gasteiger partial charge in [0.15, 0.2) is 23.0 Å². The molecule has 3 heterocycles. The SMILES string of the molecule is O=c1c2c([nH]c3ccccc13)[C@@H](c1ccc3c(c1)OCO3)[NH2+]C2.[Cl-]. The highest BCUT2D eigenvalue weighted by Gasteiger charge is 2.32. The van der Waals surface area contributed by atoms with Gasteiger partial charge < -0.3 is 32.2 Å². The van der Waals surface area contributed by atoms with Crippen molar-refractivity contribution in [1.82, 2.24) is 4.98 Å². The van der Waals surface area contributed by atoms with Crippen LogP contribution in [0.4, 0.5) is 0 Å². The number of ether oxygens (including phenoxy) is 2. The number of aromatic amines is 1. The Kier molecular flexibility index (Phi) is 3.48. The van der Waals surface area contributed by atoms with Crippen molar-refractivity contribution in [1.29, 1.82) is 0 Å². The van der Waals surface area contributed by atoms with Crippen molar-refractivity contribution in [3.8, 4) is 11.5 Å². The number of pyridine rings is 1. The van der Waals surface area contributed by atoms with Crippen molar-refractivity contribution in [3.63, 3.8) is 0 Å². The molecule has 0 amide bonds. The zero-order chi connectivity index (χ0) is 15.4. The van der Waals surface area contributed by atoms with Crippen molar-refractivity contribution >= 4 is 10.9 Å². The molecule has 2 aromatic carbocycles. The van der Waals surface area contributed by atoms with Crippen molar-refractivity contribution in [2.75, 3.05) is 6.79 Å². The van der Waals surface area contributed by atoms with Crippen LogP contribution in [-0.4, -0.2) is 11.8 Å². The Bertz CT molecular complexity index is 999. The monoisotopic (exact) mass is 342 g/mol. The van der Waals surface area contributed by atoms with Crippen LogP contribution in [0.1, 0.15) is 22.9 Å². The number of aromatic nitrogens is 1. The van der Waals surface area contributed by atoms with E-state index in [-0.39, 0.29) is 30.7 Å². The predicted octanol–water partition coefficient (Wildman–Crippen LogP) is -1.57. The van der Waals surface area contributed by atoms with Gasteiger partial charge in [0, 0.05) is 16.5 Å². The Hall–Kier alpha value is -2.50. The number of quaternary nitrogens is 1. The number of halogens is 1. The zero-order valence-corrected chi connectivity index (χ0v) is 13.5. The summed E-state index contributed by atoms with van der Waals surface area (Å²) in [6.45, 7) is 0.958. The van der Waals surface area contributed by atoms with E-state index in [1.165, 1.54) is 0 Å². The van der Waals surface area contributed by atoms with E-state index in [4.69, 9.17) is 9.47 Å². The molecule has 0 bridgehead atoms. The van der Waals surface area contributed by atoms with Crippen molar-refractivity contribution in [2.45, 2.75) is 12.6 Å². The van der Waals surface area contributed by atoms with Crippen LogP contribution in [0.15, 0.2) is 47.3 Å². The lowest BCUT2D eigenvalue weighted by atomic mass is 10.0. The third-order valence-corrected chi connectivity index (χ3v) is 4.66. The number of fused-ring (bicyclic) bond motifs is 3. The molecule has 6 heteroatoms. The summed E-state index contributed by atoms with van der Waals surface area (Å²) in [7, 11) is 0. The first-order chi connectivity index (χ1) is 11.3. The minimum absolute atomic E-state index is 0. The van der Waals surface area contributed by atoms with Gasteiger partial charge in [-0.15, -0.1) is 0 Å². The third-order valence-electron chi connectivity index (χ3n) is 4.66. The van der Waals surface area contributed by atoms with Crippen LogP contribution < -0.4 is 32.6 Å². The standard InChI is InChI=1S/C18H14N2O3.ClH/c21-18-11-3-1-2-4-13(11)20-17-12(18)8-19-16(17)10-5-6-14-15(7-10)23-9-22-14;/h1-7,16,19H,8-9H2,(H,20,21);1H/t16-;/m1./s1. The lowest BCUT2D eigenvalue weighted by Gasteiger charge is -2.11. The summed E-state index contributed by atoms with van der Waals surface area (Å²) in [5, 5.41) is 2.94. The number of hydrogen-bond donors (Lipinski definition) is 2. The molecule has 0 radical (unpaired) electrons. The smallest absolute Gasteiger partial charge is 0.231 e. The number of benzene rings is 2. The fourth-order valence-corrected chi connectivity index (χ4v) is 3.53. The van der Waals surface area contributed by atoms with Crippen LogP contribution in [-0.2, 0) is 6.54 Å². The summed E-state index contributed by atoms with van der Waals surface area (Å²) in [4.78, 5) is 16.2. The van der Waals surface area contributed by atoms with Crippen LogP contribution in [0.25, 0.3) is 10.9 Å². The second-order valence-corrected chi connectivity index (χ2v) is 5.92. The Labute approximate surface area is 144 Å². The summed E-state index contributed by atoms with van der Waals surface area (Å²) in [5.41, 5.74) is 3.99. The summed E-state index contributed by atoms with van der Waals surface area (Å²) < 4.78 is 10.8. The molecule has 0 unspecified atom stereocenters. The molecule has 2 aliphatic rings. The maximum atomic E-state index is 12.7. The normalized spacial score (nSPS) is 17.6. The first-order valence-corrected chi connectivity index (χ1v) is 7.68. The second kappa shape index (κ2) is 5.54. The lowest BCUT2D eigenvalue weighted by molar-refractivity contribution is -0.692. The molecule has 3 N–H and O–H groups in total.